The molecule has 1 aliphatic heterocycles. The van der Waals surface area contributed by atoms with Gasteiger partial charge in [0.25, 0.3) is 0 Å². The van der Waals surface area contributed by atoms with E-state index >= 15 is 0 Å². The third-order valence-electron chi connectivity index (χ3n) is 7.03. The Morgan fingerprint density at radius 3 is 2.15 bits per heavy atom. The van der Waals surface area contributed by atoms with Crippen LogP contribution in [0.4, 0.5) is 4.39 Å². The van der Waals surface area contributed by atoms with Crippen LogP contribution in [0.2, 0.25) is 0 Å². The highest BCUT2D eigenvalue weighted by atomic mass is 19.1. The molecule has 1 fully saturated rings. The van der Waals surface area contributed by atoms with Crippen molar-refractivity contribution in [2.24, 2.45) is 0 Å². The normalized spacial score (nSPS) is 16.8. The number of rotatable bonds is 11. The van der Waals surface area contributed by atoms with Gasteiger partial charge in [-0.3, -0.25) is 4.57 Å². The van der Waals surface area contributed by atoms with Crippen LogP contribution in [0.1, 0.15) is 48.3 Å². The van der Waals surface area contributed by atoms with Crippen LogP contribution in [0, 0.1) is 12.7 Å². The van der Waals surface area contributed by atoms with Crippen molar-refractivity contribution in [1.29, 1.82) is 0 Å². The molecular formula is C31H34FN3O4. The van der Waals surface area contributed by atoms with Crippen LogP contribution in [0.5, 0.6) is 5.75 Å². The van der Waals surface area contributed by atoms with E-state index in [-0.39, 0.29) is 17.6 Å². The van der Waals surface area contributed by atoms with Gasteiger partial charge in [-0.2, -0.15) is 5.10 Å². The maximum absolute atomic E-state index is 13.4. The van der Waals surface area contributed by atoms with E-state index in [2.05, 4.69) is 0 Å². The average molecular weight is 532 g/mol. The van der Waals surface area contributed by atoms with E-state index in [4.69, 9.17) is 14.6 Å². The summed E-state index contributed by atoms with van der Waals surface area (Å²) in [6.45, 7) is 6.55. The highest BCUT2D eigenvalue weighted by Gasteiger charge is 2.50. The molecule has 2 unspecified atom stereocenters. The topological polar surface area (TPSA) is 81.8 Å². The van der Waals surface area contributed by atoms with Crippen molar-refractivity contribution in [3.05, 3.63) is 117 Å². The predicted octanol–water partition coefficient (Wildman–Crippen LogP) is 4.64. The first-order valence-electron chi connectivity index (χ1n) is 13.3. The van der Waals surface area contributed by atoms with Gasteiger partial charge in [0.15, 0.2) is 12.4 Å². The van der Waals surface area contributed by atoms with E-state index < -0.39 is 11.9 Å². The summed E-state index contributed by atoms with van der Waals surface area (Å²) in [5.41, 5.74) is 3.36. The number of benzene rings is 3. The third kappa shape index (κ3) is 6.64. The second-order valence-electron chi connectivity index (χ2n) is 10.7. The van der Waals surface area contributed by atoms with Crippen molar-refractivity contribution in [2.75, 3.05) is 0 Å². The first-order chi connectivity index (χ1) is 18.7. The van der Waals surface area contributed by atoms with Crippen molar-refractivity contribution in [2.45, 2.75) is 71.1 Å². The molecule has 2 atom stereocenters. The van der Waals surface area contributed by atoms with Gasteiger partial charge in [0.1, 0.15) is 23.0 Å². The Hall–Kier alpha value is -3.75. The van der Waals surface area contributed by atoms with Gasteiger partial charge in [0.05, 0.1) is 13.1 Å². The zero-order chi connectivity index (χ0) is 27.6. The fraction of sp³-hybridized carbons (Fsp3) is 0.355. The molecule has 1 saturated heterocycles. The van der Waals surface area contributed by atoms with Gasteiger partial charge in [-0.25, -0.2) is 13.9 Å². The Bertz CT molecular complexity index is 1460. The summed E-state index contributed by atoms with van der Waals surface area (Å²) in [5.74, 6) is 1.12. The Kier molecular flexibility index (Phi) is 7.68. The summed E-state index contributed by atoms with van der Waals surface area (Å²) >= 11 is 0. The minimum Gasteiger partial charge on any atom is -0.485 e. The molecule has 5 rings (SSSR count). The van der Waals surface area contributed by atoms with Gasteiger partial charge in [0, 0.05) is 6.42 Å². The largest absolute Gasteiger partial charge is 0.485 e. The van der Waals surface area contributed by atoms with E-state index in [1.165, 1.54) is 16.8 Å². The Labute approximate surface area is 227 Å². The van der Waals surface area contributed by atoms with Gasteiger partial charge in [-0.05, 0) is 74.6 Å². The molecule has 0 amide bonds. The molecule has 39 heavy (non-hydrogen) atoms. The zero-order valence-corrected chi connectivity index (χ0v) is 22.5. The van der Waals surface area contributed by atoms with Gasteiger partial charge in [-0.15, -0.1) is 0 Å². The quantitative estimate of drug-likeness (QED) is 0.285. The maximum atomic E-state index is 13.4. The van der Waals surface area contributed by atoms with Crippen molar-refractivity contribution >= 4 is 0 Å². The SMILES string of the molecule is Cc1ccc(Cn2nc(CCCc3ccc(OC(C)(C)C4OC4O)cc3)n(Cc3ccc(F)cc3)c2=O)cc1. The minimum absolute atomic E-state index is 0.177. The van der Waals surface area contributed by atoms with Gasteiger partial charge >= 0.3 is 5.69 Å². The van der Waals surface area contributed by atoms with E-state index in [0.29, 0.717) is 25.3 Å². The number of aryl methyl sites for hydroxylation is 3. The zero-order valence-electron chi connectivity index (χ0n) is 22.5. The average Bonchev–Trinajstić information content (AvgIpc) is 3.60. The summed E-state index contributed by atoms with van der Waals surface area (Å²) < 4.78 is 27.8. The summed E-state index contributed by atoms with van der Waals surface area (Å²) in [5, 5.41) is 14.2. The predicted molar refractivity (Wildman–Crippen MR) is 146 cm³/mol. The Balaban J connectivity index is 1.27. The van der Waals surface area contributed by atoms with Crippen molar-refractivity contribution in [3.8, 4) is 5.75 Å². The molecule has 2 heterocycles. The highest BCUT2D eigenvalue weighted by Crippen LogP contribution is 2.34. The number of aliphatic hydroxyl groups excluding tert-OH is 1. The molecular weight excluding hydrogens is 497 g/mol. The van der Waals surface area contributed by atoms with E-state index in [1.807, 2.05) is 69.3 Å². The first kappa shape index (κ1) is 26.8. The molecule has 3 aromatic carbocycles. The minimum atomic E-state index is -0.764. The molecule has 1 aliphatic rings. The lowest BCUT2D eigenvalue weighted by Gasteiger charge is -2.24. The number of nitrogens with zero attached hydrogens (tertiary/aromatic N) is 3. The fourth-order valence-electron chi connectivity index (χ4n) is 4.72. The lowest BCUT2D eigenvalue weighted by Crippen LogP contribution is -2.36. The van der Waals surface area contributed by atoms with E-state index in [1.54, 1.807) is 16.7 Å². The number of aliphatic hydroxyl groups is 1. The van der Waals surface area contributed by atoms with E-state index in [0.717, 1.165) is 40.8 Å². The molecule has 204 valence electrons. The summed E-state index contributed by atoms with van der Waals surface area (Å²) in [7, 11) is 0. The number of epoxide rings is 1. The number of halogens is 1. The highest BCUT2D eigenvalue weighted by molar-refractivity contribution is 5.28. The molecule has 1 N–H and O–H groups in total. The Morgan fingerprint density at radius 1 is 0.923 bits per heavy atom. The standard InChI is InChI=1S/C31H34FN3O4/c1-21-7-9-24(10-8-21)20-35-30(37)34(19-23-11-15-25(32)16-12-23)27(33-35)6-4-5-22-13-17-26(18-14-22)39-31(2,3)28-29(36)38-28/h7-18,28-29,36H,4-6,19-20H2,1-3H3. The van der Waals surface area contributed by atoms with Crippen LogP contribution in [-0.2, 0) is 30.7 Å². The Morgan fingerprint density at radius 2 is 1.51 bits per heavy atom. The molecule has 0 saturated carbocycles. The number of ether oxygens (including phenoxy) is 2. The van der Waals surface area contributed by atoms with Gasteiger partial charge in [0.2, 0.25) is 0 Å². The molecule has 0 radical (unpaired) electrons. The third-order valence-corrected chi connectivity index (χ3v) is 7.03. The first-order valence-corrected chi connectivity index (χ1v) is 13.3. The number of hydrogen-bond donors (Lipinski definition) is 1. The van der Waals surface area contributed by atoms with Crippen molar-refractivity contribution in [3.63, 3.8) is 0 Å². The van der Waals surface area contributed by atoms with Crippen LogP contribution in [0.25, 0.3) is 0 Å². The molecule has 4 aromatic rings. The molecule has 0 bridgehead atoms. The monoisotopic (exact) mass is 531 g/mol. The van der Waals surface area contributed by atoms with Crippen LogP contribution >= 0.6 is 0 Å². The summed E-state index contributed by atoms with van der Waals surface area (Å²) in [6.07, 6.45) is 1.15. The number of hydrogen-bond acceptors (Lipinski definition) is 5. The second-order valence-corrected chi connectivity index (χ2v) is 10.7. The summed E-state index contributed by atoms with van der Waals surface area (Å²) in [6, 6.07) is 22.2. The number of aromatic nitrogens is 3. The molecule has 1 aromatic heterocycles. The van der Waals surface area contributed by atoms with Crippen molar-refractivity contribution < 1.29 is 19.0 Å². The van der Waals surface area contributed by atoms with E-state index in [9.17, 15) is 14.3 Å². The summed E-state index contributed by atoms with van der Waals surface area (Å²) in [4.78, 5) is 13.3. The molecule has 8 heteroatoms. The molecule has 0 spiro atoms. The lowest BCUT2D eigenvalue weighted by molar-refractivity contribution is 0.0744. The molecule has 0 aliphatic carbocycles. The van der Waals surface area contributed by atoms with Gasteiger partial charge in [-0.1, -0.05) is 54.1 Å². The van der Waals surface area contributed by atoms with Crippen LogP contribution in [0.3, 0.4) is 0 Å². The van der Waals surface area contributed by atoms with Crippen LogP contribution in [0.15, 0.2) is 77.6 Å². The second kappa shape index (κ2) is 11.2. The fourth-order valence-corrected chi connectivity index (χ4v) is 4.72. The smallest absolute Gasteiger partial charge is 0.346 e. The maximum Gasteiger partial charge on any atom is 0.346 e. The van der Waals surface area contributed by atoms with Crippen LogP contribution < -0.4 is 10.4 Å². The van der Waals surface area contributed by atoms with Gasteiger partial charge < -0.3 is 14.6 Å². The van der Waals surface area contributed by atoms with Crippen molar-refractivity contribution in [1.82, 2.24) is 14.3 Å². The molecule has 7 nitrogen and oxygen atoms in total. The lowest BCUT2D eigenvalue weighted by atomic mass is 10.0. The van der Waals surface area contributed by atoms with Crippen LogP contribution in [-0.4, -0.2) is 37.4 Å².